The lowest BCUT2D eigenvalue weighted by Crippen LogP contribution is -2.38. The number of carbonyl (C=O) groups excluding carboxylic acids is 1. The summed E-state index contributed by atoms with van der Waals surface area (Å²) in [6.07, 6.45) is 3.23. The second-order valence-electron chi connectivity index (χ2n) is 6.96. The summed E-state index contributed by atoms with van der Waals surface area (Å²) >= 11 is 0. The number of amides is 1. The van der Waals surface area contributed by atoms with Crippen LogP contribution in [0.2, 0.25) is 0 Å². The molecule has 0 bridgehead atoms. The summed E-state index contributed by atoms with van der Waals surface area (Å²) in [6, 6.07) is 13.3. The molecule has 0 saturated carbocycles. The Morgan fingerprint density at radius 2 is 2.00 bits per heavy atom. The van der Waals surface area contributed by atoms with E-state index in [1.807, 2.05) is 37.3 Å². The first-order valence-corrected chi connectivity index (χ1v) is 9.69. The lowest BCUT2D eigenvalue weighted by atomic mass is 10.1. The normalized spacial score (nSPS) is 14.5. The number of nitrogens with zero attached hydrogens (tertiary/aromatic N) is 2. The smallest absolute Gasteiger partial charge is 0.251 e. The van der Waals surface area contributed by atoms with Gasteiger partial charge in [-0.2, -0.15) is 0 Å². The number of pyridine rings is 1. The van der Waals surface area contributed by atoms with Crippen LogP contribution in [0.4, 0.5) is 0 Å². The minimum absolute atomic E-state index is 0.129. The SMILES string of the molecule is Cc1onc(-c2ccccc2)c1COc1cc(C(=O)NC2CCOCC2)ccn1. The molecule has 1 fully saturated rings. The molecule has 1 aliphatic rings. The maximum atomic E-state index is 12.5. The van der Waals surface area contributed by atoms with E-state index in [9.17, 15) is 4.79 Å². The van der Waals surface area contributed by atoms with Crippen LogP contribution in [-0.4, -0.2) is 35.3 Å². The highest BCUT2D eigenvalue weighted by molar-refractivity contribution is 5.94. The quantitative estimate of drug-likeness (QED) is 0.689. The van der Waals surface area contributed by atoms with Crippen molar-refractivity contribution in [2.24, 2.45) is 0 Å². The number of aromatic nitrogens is 2. The maximum Gasteiger partial charge on any atom is 0.251 e. The van der Waals surface area contributed by atoms with Crippen LogP contribution in [0.25, 0.3) is 11.3 Å². The largest absolute Gasteiger partial charge is 0.473 e. The average molecular weight is 393 g/mol. The summed E-state index contributed by atoms with van der Waals surface area (Å²) in [5.74, 6) is 0.941. The summed E-state index contributed by atoms with van der Waals surface area (Å²) in [4.78, 5) is 16.8. The van der Waals surface area contributed by atoms with Crippen LogP contribution in [0.15, 0.2) is 53.2 Å². The Kier molecular flexibility index (Phi) is 5.86. The number of hydrogen-bond donors (Lipinski definition) is 1. The van der Waals surface area contributed by atoms with Gasteiger partial charge in [-0.05, 0) is 25.8 Å². The Labute approximate surface area is 169 Å². The third-order valence-corrected chi connectivity index (χ3v) is 4.95. The average Bonchev–Trinajstić information content (AvgIpc) is 3.14. The van der Waals surface area contributed by atoms with Crippen LogP contribution < -0.4 is 10.1 Å². The summed E-state index contributed by atoms with van der Waals surface area (Å²) in [7, 11) is 0. The highest BCUT2D eigenvalue weighted by Crippen LogP contribution is 2.26. The minimum atomic E-state index is -0.129. The van der Waals surface area contributed by atoms with Gasteiger partial charge >= 0.3 is 0 Å². The molecule has 1 aromatic carbocycles. The molecule has 4 rings (SSSR count). The van der Waals surface area contributed by atoms with Gasteiger partial charge in [-0.1, -0.05) is 35.5 Å². The molecule has 3 heterocycles. The zero-order valence-electron chi connectivity index (χ0n) is 16.3. The second-order valence-corrected chi connectivity index (χ2v) is 6.96. The van der Waals surface area contributed by atoms with Crippen LogP contribution in [0.5, 0.6) is 5.88 Å². The zero-order valence-corrected chi connectivity index (χ0v) is 16.3. The lowest BCUT2D eigenvalue weighted by molar-refractivity contribution is 0.0696. The number of ether oxygens (including phenoxy) is 2. The zero-order chi connectivity index (χ0) is 20.1. The number of benzene rings is 1. The van der Waals surface area contributed by atoms with Crippen molar-refractivity contribution in [3.05, 3.63) is 65.5 Å². The molecule has 7 heteroatoms. The molecule has 1 saturated heterocycles. The van der Waals surface area contributed by atoms with E-state index >= 15 is 0 Å². The van der Waals surface area contributed by atoms with Crippen molar-refractivity contribution < 1.29 is 18.8 Å². The number of hydrogen-bond acceptors (Lipinski definition) is 6. The van der Waals surface area contributed by atoms with Crippen molar-refractivity contribution in [1.82, 2.24) is 15.5 Å². The van der Waals surface area contributed by atoms with E-state index in [2.05, 4.69) is 15.5 Å². The third kappa shape index (κ3) is 4.63. The molecule has 0 unspecified atom stereocenters. The fourth-order valence-electron chi connectivity index (χ4n) is 3.27. The fourth-order valence-corrected chi connectivity index (χ4v) is 3.27. The molecule has 1 amide bonds. The molecule has 1 aliphatic heterocycles. The van der Waals surface area contributed by atoms with Crippen LogP contribution in [0, 0.1) is 6.92 Å². The predicted octanol–water partition coefficient (Wildman–Crippen LogP) is 3.53. The van der Waals surface area contributed by atoms with E-state index in [-0.39, 0.29) is 18.6 Å². The molecule has 2 aromatic heterocycles. The van der Waals surface area contributed by atoms with Gasteiger partial charge in [0, 0.05) is 42.6 Å². The van der Waals surface area contributed by atoms with Gasteiger partial charge in [0.25, 0.3) is 5.91 Å². The molecule has 0 atom stereocenters. The van der Waals surface area contributed by atoms with Crippen molar-refractivity contribution in [3.8, 4) is 17.1 Å². The number of rotatable bonds is 6. The van der Waals surface area contributed by atoms with Crippen LogP contribution in [-0.2, 0) is 11.3 Å². The lowest BCUT2D eigenvalue weighted by Gasteiger charge is -2.23. The maximum absolute atomic E-state index is 12.5. The summed E-state index contributed by atoms with van der Waals surface area (Å²) in [6.45, 7) is 3.45. The van der Waals surface area contributed by atoms with Gasteiger partial charge in [0.2, 0.25) is 5.88 Å². The monoisotopic (exact) mass is 393 g/mol. The topological polar surface area (TPSA) is 86.5 Å². The van der Waals surface area contributed by atoms with Crippen LogP contribution in [0.3, 0.4) is 0 Å². The first-order valence-electron chi connectivity index (χ1n) is 9.69. The standard InChI is InChI=1S/C22H23N3O4/c1-15-19(21(25-29-15)16-5-3-2-4-6-16)14-28-20-13-17(7-10-23-20)22(26)24-18-8-11-27-12-9-18/h2-7,10,13,18H,8-9,11-12,14H2,1H3,(H,24,26). The third-order valence-electron chi connectivity index (χ3n) is 4.95. The first kappa shape index (κ1) is 19.1. The van der Waals surface area contributed by atoms with E-state index in [1.165, 1.54) is 0 Å². The van der Waals surface area contributed by atoms with Crippen molar-refractivity contribution in [2.75, 3.05) is 13.2 Å². The molecular formula is C22H23N3O4. The first-order chi connectivity index (χ1) is 14.2. The van der Waals surface area contributed by atoms with E-state index < -0.39 is 0 Å². The molecule has 3 aromatic rings. The molecule has 1 N–H and O–H groups in total. The fraction of sp³-hybridized carbons (Fsp3) is 0.318. The molecule has 0 aliphatic carbocycles. The van der Waals surface area contributed by atoms with E-state index in [0.717, 1.165) is 29.7 Å². The summed E-state index contributed by atoms with van der Waals surface area (Å²) in [5.41, 5.74) is 3.08. The van der Waals surface area contributed by atoms with Gasteiger partial charge in [0.05, 0.1) is 5.56 Å². The Hall–Kier alpha value is -3.19. The van der Waals surface area contributed by atoms with Crippen LogP contribution in [0.1, 0.15) is 34.5 Å². The van der Waals surface area contributed by atoms with Gasteiger partial charge in [-0.3, -0.25) is 4.79 Å². The van der Waals surface area contributed by atoms with E-state index in [4.69, 9.17) is 14.0 Å². The van der Waals surface area contributed by atoms with Crippen molar-refractivity contribution in [3.63, 3.8) is 0 Å². The van der Waals surface area contributed by atoms with Crippen molar-refractivity contribution in [2.45, 2.75) is 32.4 Å². The Balaban J connectivity index is 1.44. The Morgan fingerprint density at radius 1 is 1.21 bits per heavy atom. The van der Waals surface area contributed by atoms with E-state index in [1.54, 1.807) is 18.3 Å². The van der Waals surface area contributed by atoms with Gasteiger partial charge < -0.3 is 19.3 Å². The molecule has 7 nitrogen and oxygen atoms in total. The summed E-state index contributed by atoms with van der Waals surface area (Å²) < 4.78 is 16.6. The highest BCUT2D eigenvalue weighted by atomic mass is 16.5. The van der Waals surface area contributed by atoms with Gasteiger partial charge in [-0.25, -0.2) is 4.98 Å². The predicted molar refractivity (Wildman–Crippen MR) is 107 cm³/mol. The molecular weight excluding hydrogens is 370 g/mol. The van der Waals surface area contributed by atoms with Gasteiger partial charge in [-0.15, -0.1) is 0 Å². The molecule has 0 radical (unpaired) electrons. The highest BCUT2D eigenvalue weighted by Gasteiger charge is 2.18. The van der Waals surface area contributed by atoms with Gasteiger partial charge in [0.1, 0.15) is 18.1 Å². The number of nitrogens with one attached hydrogen (secondary N) is 1. The Bertz CT molecular complexity index is 965. The molecule has 150 valence electrons. The number of aryl methyl sites for hydroxylation is 1. The number of carbonyl (C=O) groups is 1. The van der Waals surface area contributed by atoms with Crippen molar-refractivity contribution >= 4 is 5.91 Å². The molecule has 29 heavy (non-hydrogen) atoms. The Morgan fingerprint density at radius 3 is 2.79 bits per heavy atom. The molecule has 0 spiro atoms. The second kappa shape index (κ2) is 8.87. The van der Waals surface area contributed by atoms with Gasteiger partial charge in [0.15, 0.2) is 0 Å². The van der Waals surface area contributed by atoms with E-state index in [0.29, 0.717) is 30.4 Å². The van der Waals surface area contributed by atoms with Crippen LogP contribution >= 0.6 is 0 Å². The van der Waals surface area contributed by atoms with Crippen molar-refractivity contribution in [1.29, 1.82) is 0 Å². The minimum Gasteiger partial charge on any atom is -0.473 e. The summed E-state index contributed by atoms with van der Waals surface area (Å²) in [5, 5.41) is 7.20.